The first-order chi connectivity index (χ1) is 13.2. The fourth-order valence-electron chi connectivity index (χ4n) is 2.80. The van der Waals surface area contributed by atoms with Crippen LogP contribution in [0.25, 0.3) is 16.8 Å². The third kappa shape index (κ3) is 3.94. The Kier molecular flexibility index (Phi) is 5.32. The van der Waals surface area contributed by atoms with Crippen molar-refractivity contribution in [3.63, 3.8) is 0 Å². The summed E-state index contributed by atoms with van der Waals surface area (Å²) in [5.41, 5.74) is 4.03. The fraction of sp³-hybridized carbons (Fsp3) is 0.143. The maximum atomic E-state index is 6.27. The molecule has 0 spiro atoms. The Labute approximate surface area is 167 Å². The van der Waals surface area contributed by atoms with Crippen LogP contribution in [0.15, 0.2) is 72.0 Å². The topological polar surface area (TPSA) is 39.4 Å². The summed E-state index contributed by atoms with van der Waals surface area (Å²) in [6.45, 7) is 2.64. The van der Waals surface area contributed by atoms with Gasteiger partial charge in [-0.15, -0.1) is 0 Å². The molecule has 27 heavy (non-hydrogen) atoms. The van der Waals surface area contributed by atoms with Gasteiger partial charge in [-0.05, 0) is 48.9 Å². The Morgan fingerprint density at radius 3 is 2.70 bits per heavy atom. The Balaban J connectivity index is 1.61. The van der Waals surface area contributed by atoms with Gasteiger partial charge in [0.2, 0.25) is 0 Å². The van der Waals surface area contributed by atoms with Crippen molar-refractivity contribution in [1.29, 1.82) is 0 Å². The van der Waals surface area contributed by atoms with Crippen LogP contribution in [0.5, 0.6) is 5.75 Å². The normalized spacial score (nSPS) is 11.0. The van der Waals surface area contributed by atoms with Gasteiger partial charge in [-0.3, -0.25) is 0 Å². The molecule has 136 valence electrons. The zero-order valence-corrected chi connectivity index (χ0v) is 16.4. The van der Waals surface area contributed by atoms with E-state index < -0.39 is 0 Å². The standard InChI is InChI=1S/C21H18ClN3OS/c1-2-26-17-9-7-15(8-10-17)19-13-20-21(23-11-12-25(20)24-19)27-14-16-5-3-4-6-18(16)22/h3-13H,2,14H2,1H3. The van der Waals surface area contributed by atoms with Crippen molar-refractivity contribution in [2.24, 2.45) is 0 Å². The number of hydrogen-bond acceptors (Lipinski definition) is 4. The van der Waals surface area contributed by atoms with E-state index in [9.17, 15) is 0 Å². The molecule has 0 aliphatic carbocycles. The van der Waals surface area contributed by atoms with Crippen LogP contribution in [0, 0.1) is 0 Å². The molecule has 4 aromatic rings. The van der Waals surface area contributed by atoms with E-state index in [1.54, 1.807) is 18.0 Å². The van der Waals surface area contributed by atoms with Crippen LogP contribution in [0.2, 0.25) is 5.02 Å². The second kappa shape index (κ2) is 8.03. The Hall–Kier alpha value is -2.50. The smallest absolute Gasteiger partial charge is 0.122 e. The van der Waals surface area contributed by atoms with E-state index in [0.717, 1.165) is 43.9 Å². The van der Waals surface area contributed by atoms with Gasteiger partial charge in [-0.1, -0.05) is 41.6 Å². The number of benzene rings is 2. The molecule has 0 radical (unpaired) electrons. The van der Waals surface area contributed by atoms with Gasteiger partial charge in [0.25, 0.3) is 0 Å². The van der Waals surface area contributed by atoms with Gasteiger partial charge in [0, 0.05) is 28.7 Å². The van der Waals surface area contributed by atoms with Crippen LogP contribution in [0.1, 0.15) is 12.5 Å². The molecular formula is C21H18ClN3OS. The summed E-state index contributed by atoms with van der Waals surface area (Å²) < 4.78 is 7.38. The summed E-state index contributed by atoms with van der Waals surface area (Å²) in [5.74, 6) is 1.62. The van der Waals surface area contributed by atoms with Crippen molar-refractivity contribution in [1.82, 2.24) is 14.6 Å². The third-order valence-electron chi connectivity index (χ3n) is 4.14. The van der Waals surface area contributed by atoms with E-state index in [-0.39, 0.29) is 0 Å². The first kappa shape index (κ1) is 17.9. The highest BCUT2D eigenvalue weighted by atomic mass is 35.5. The van der Waals surface area contributed by atoms with Crippen LogP contribution in [-0.2, 0) is 5.75 Å². The molecule has 0 aliphatic heterocycles. The van der Waals surface area contributed by atoms with Crippen LogP contribution < -0.4 is 4.74 Å². The molecule has 0 bridgehead atoms. The lowest BCUT2D eigenvalue weighted by Crippen LogP contribution is -1.92. The molecule has 4 nitrogen and oxygen atoms in total. The Bertz CT molecular complexity index is 1060. The van der Waals surface area contributed by atoms with E-state index in [1.165, 1.54) is 0 Å². The zero-order chi connectivity index (χ0) is 18.6. The second-order valence-electron chi connectivity index (χ2n) is 5.93. The van der Waals surface area contributed by atoms with E-state index in [0.29, 0.717) is 6.61 Å². The highest BCUT2D eigenvalue weighted by Gasteiger charge is 2.10. The lowest BCUT2D eigenvalue weighted by Gasteiger charge is -2.04. The quantitative estimate of drug-likeness (QED) is 0.390. The molecule has 2 aromatic heterocycles. The second-order valence-corrected chi connectivity index (χ2v) is 7.30. The number of fused-ring (bicyclic) bond motifs is 1. The molecule has 0 atom stereocenters. The lowest BCUT2D eigenvalue weighted by molar-refractivity contribution is 0.340. The van der Waals surface area contributed by atoms with Crippen molar-refractivity contribution < 1.29 is 4.74 Å². The summed E-state index contributed by atoms with van der Waals surface area (Å²) in [5, 5.41) is 6.40. The van der Waals surface area contributed by atoms with E-state index in [2.05, 4.69) is 16.1 Å². The molecular weight excluding hydrogens is 378 g/mol. The van der Waals surface area contributed by atoms with Crippen molar-refractivity contribution in [3.05, 3.63) is 77.6 Å². The first-order valence-corrected chi connectivity index (χ1v) is 10.0. The van der Waals surface area contributed by atoms with Crippen LogP contribution in [0.4, 0.5) is 0 Å². The summed E-state index contributed by atoms with van der Waals surface area (Å²) >= 11 is 7.92. The SMILES string of the molecule is CCOc1ccc(-c2cc3c(SCc4ccccc4Cl)nccn3n2)cc1. The number of rotatable bonds is 6. The highest BCUT2D eigenvalue weighted by Crippen LogP contribution is 2.30. The predicted molar refractivity (Wildman–Crippen MR) is 111 cm³/mol. The number of thioether (sulfide) groups is 1. The molecule has 6 heteroatoms. The zero-order valence-electron chi connectivity index (χ0n) is 14.8. The summed E-state index contributed by atoms with van der Waals surface area (Å²) in [6, 6.07) is 17.9. The van der Waals surface area contributed by atoms with Gasteiger partial charge in [0.1, 0.15) is 10.8 Å². The first-order valence-electron chi connectivity index (χ1n) is 8.68. The predicted octanol–water partition coefficient (Wildman–Crippen LogP) is 5.74. The average Bonchev–Trinajstić information content (AvgIpc) is 3.13. The molecule has 4 rings (SSSR count). The van der Waals surface area contributed by atoms with E-state index in [4.69, 9.17) is 16.3 Å². The number of hydrogen-bond donors (Lipinski definition) is 0. The van der Waals surface area contributed by atoms with Crippen molar-refractivity contribution >= 4 is 28.9 Å². The van der Waals surface area contributed by atoms with Gasteiger partial charge in [0.15, 0.2) is 0 Å². The largest absolute Gasteiger partial charge is 0.494 e. The molecule has 2 heterocycles. The van der Waals surface area contributed by atoms with Crippen LogP contribution in [-0.4, -0.2) is 21.2 Å². The van der Waals surface area contributed by atoms with Crippen molar-refractivity contribution in [2.45, 2.75) is 17.7 Å². The van der Waals surface area contributed by atoms with Crippen LogP contribution in [0.3, 0.4) is 0 Å². The van der Waals surface area contributed by atoms with Gasteiger partial charge in [-0.2, -0.15) is 5.10 Å². The molecule has 2 aromatic carbocycles. The molecule has 0 unspecified atom stereocenters. The maximum absolute atomic E-state index is 6.27. The van der Waals surface area contributed by atoms with Gasteiger partial charge in [-0.25, -0.2) is 9.50 Å². The average molecular weight is 396 g/mol. The number of ether oxygens (including phenoxy) is 1. The number of halogens is 1. The highest BCUT2D eigenvalue weighted by molar-refractivity contribution is 7.98. The van der Waals surface area contributed by atoms with Crippen LogP contribution >= 0.6 is 23.4 Å². The van der Waals surface area contributed by atoms with Gasteiger partial charge < -0.3 is 4.74 Å². The van der Waals surface area contributed by atoms with E-state index >= 15 is 0 Å². The minimum Gasteiger partial charge on any atom is -0.494 e. The minimum atomic E-state index is 0.658. The minimum absolute atomic E-state index is 0.658. The van der Waals surface area contributed by atoms with E-state index in [1.807, 2.05) is 66.2 Å². The Morgan fingerprint density at radius 1 is 1.11 bits per heavy atom. The molecule has 0 amide bonds. The molecule has 0 saturated heterocycles. The Morgan fingerprint density at radius 2 is 1.93 bits per heavy atom. The maximum Gasteiger partial charge on any atom is 0.122 e. The van der Waals surface area contributed by atoms with Gasteiger partial charge >= 0.3 is 0 Å². The summed E-state index contributed by atoms with van der Waals surface area (Å²) in [4.78, 5) is 4.54. The fourth-order valence-corrected chi connectivity index (χ4v) is 4.06. The number of aromatic nitrogens is 3. The van der Waals surface area contributed by atoms with Crippen molar-refractivity contribution in [2.75, 3.05) is 6.61 Å². The summed E-state index contributed by atoms with van der Waals surface area (Å²) in [6.07, 6.45) is 3.64. The lowest BCUT2D eigenvalue weighted by atomic mass is 10.1. The third-order valence-corrected chi connectivity index (χ3v) is 5.55. The monoisotopic (exact) mass is 395 g/mol. The molecule has 0 aliphatic rings. The molecule has 0 fully saturated rings. The summed E-state index contributed by atoms with van der Waals surface area (Å²) in [7, 11) is 0. The molecule has 0 saturated carbocycles. The van der Waals surface area contributed by atoms with Crippen molar-refractivity contribution in [3.8, 4) is 17.0 Å². The number of nitrogens with zero attached hydrogens (tertiary/aromatic N) is 3. The van der Waals surface area contributed by atoms with Gasteiger partial charge in [0.05, 0.1) is 17.8 Å². The molecule has 0 N–H and O–H groups in total.